The van der Waals surface area contributed by atoms with Gasteiger partial charge in [0.25, 0.3) is 0 Å². The third-order valence-electron chi connectivity index (χ3n) is 5.84. The summed E-state index contributed by atoms with van der Waals surface area (Å²) in [5.41, 5.74) is 0. The van der Waals surface area contributed by atoms with Crippen LogP contribution in [0.1, 0.15) is 156 Å². The smallest absolute Gasteiger partial charge is 0.432 e. The Labute approximate surface area is 224 Å². The molecule has 0 amide bonds. The molecule has 0 rings (SSSR count). The van der Waals surface area contributed by atoms with E-state index in [-0.39, 0.29) is 21.1 Å². The summed E-state index contributed by atoms with van der Waals surface area (Å²) in [6.07, 6.45) is 25.8. The first kappa shape index (κ1) is 36.2. The van der Waals surface area contributed by atoms with Gasteiger partial charge in [-0.05, 0) is 12.8 Å². The van der Waals surface area contributed by atoms with Gasteiger partial charge < -0.3 is 4.74 Å². The molecular formula is C29H60O4Sn. The van der Waals surface area contributed by atoms with Gasteiger partial charge in [0.2, 0.25) is 0 Å². The SMILES string of the molecule is CCCCCCC[CH2][Sn][CH2]CCCCCCC.CCCCCCOOC(=O)OCCCCCC. The zero-order valence-electron chi connectivity index (χ0n) is 23.6. The molecule has 4 nitrogen and oxygen atoms in total. The van der Waals surface area contributed by atoms with Gasteiger partial charge in [-0.15, -0.1) is 0 Å². The molecule has 0 aromatic carbocycles. The van der Waals surface area contributed by atoms with Crippen LogP contribution in [0.3, 0.4) is 0 Å². The number of unbranched alkanes of at least 4 members (excludes halogenated alkanes) is 16. The van der Waals surface area contributed by atoms with Crippen LogP contribution in [-0.2, 0) is 14.5 Å². The molecule has 0 fully saturated rings. The summed E-state index contributed by atoms with van der Waals surface area (Å²) >= 11 is 0.0736. The average molecular weight is 592 g/mol. The molecule has 0 atom stereocenters. The Morgan fingerprint density at radius 2 is 0.882 bits per heavy atom. The number of rotatable bonds is 25. The van der Waals surface area contributed by atoms with E-state index in [1.165, 1.54) is 89.9 Å². The number of carbonyl (C=O) groups is 1. The summed E-state index contributed by atoms with van der Waals surface area (Å²) in [5.74, 6) is 0. The molecule has 0 saturated heterocycles. The van der Waals surface area contributed by atoms with Crippen LogP contribution in [-0.4, -0.2) is 40.5 Å². The molecule has 0 aromatic heterocycles. The van der Waals surface area contributed by atoms with Gasteiger partial charge in [-0.1, -0.05) is 52.4 Å². The second-order valence-corrected chi connectivity index (χ2v) is 13.7. The summed E-state index contributed by atoms with van der Waals surface area (Å²) < 4.78 is 8.14. The molecule has 0 aliphatic rings. The molecule has 204 valence electrons. The van der Waals surface area contributed by atoms with Gasteiger partial charge in [0.05, 0.1) is 13.2 Å². The first-order valence-corrected chi connectivity index (χ1v) is 18.9. The summed E-state index contributed by atoms with van der Waals surface area (Å²) in [4.78, 5) is 20.2. The topological polar surface area (TPSA) is 44.8 Å². The zero-order chi connectivity index (χ0) is 25.4. The van der Waals surface area contributed by atoms with Gasteiger partial charge in [-0.2, -0.15) is 4.89 Å². The molecule has 0 unspecified atom stereocenters. The zero-order valence-corrected chi connectivity index (χ0v) is 26.5. The van der Waals surface area contributed by atoms with Crippen LogP contribution in [0.25, 0.3) is 0 Å². The van der Waals surface area contributed by atoms with Gasteiger partial charge in [-0.3, -0.25) is 4.89 Å². The van der Waals surface area contributed by atoms with E-state index in [0.29, 0.717) is 13.2 Å². The second-order valence-electron chi connectivity index (χ2n) is 9.41. The largest absolute Gasteiger partial charge is 0.540 e. The fraction of sp³-hybridized carbons (Fsp3) is 0.966. The van der Waals surface area contributed by atoms with Crippen molar-refractivity contribution in [1.29, 1.82) is 0 Å². The van der Waals surface area contributed by atoms with Crippen molar-refractivity contribution >= 4 is 27.3 Å². The van der Waals surface area contributed by atoms with E-state index < -0.39 is 6.16 Å². The average Bonchev–Trinajstić information content (AvgIpc) is 2.84. The van der Waals surface area contributed by atoms with Gasteiger partial charge in [-0.25, -0.2) is 4.79 Å². The monoisotopic (exact) mass is 592 g/mol. The molecule has 0 spiro atoms. The maximum Gasteiger partial charge on any atom is 0.540 e. The van der Waals surface area contributed by atoms with Crippen LogP contribution >= 0.6 is 0 Å². The molecule has 0 aliphatic carbocycles. The summed E-state index contributed by atoms with van der Waals surface area (Å²) in [6, 6.07) is 0. The van der Waals surface area contributed by atoms with Crippen LogP contribution in [0, 0.1) is 0 Å². The third kappa shape index (κ3) is 36.6. The van der Waals surface area contributed by atoms with Gasteiger partial charge in [0.15, 0.2) is 0 Å². The van der Waals surface area contributed by atoms with Gasteiger partial charge in [0.1, 0.15) is 0 Å². The van der Waals surface area contributed by atoms with Gasteiger partial charge in [0, 0.05) is 0 Å². The molecule has 0 N–H and O–H groups in total. The van der Waals surface area contributed by atoms with E-state index in [4.69, 9.17) is 9.62 Å². The Kier molecular flexibility index (Phi) is 37.5. The van der Waals surface area contributed by atoms with Gasteiger partial charge >= 0.3 is 127 Å². The van der Waals surface area contributed by atoms with Crippen molar-refractivity contribution in [3.8, 4) is 0 Å². The molecule has 34 heavy (non-hydrogen) atoms. The van der Waals surface area contributed by atoms with Crippen molar-refractivity contribution in [2.45, 2.75) is 165 Å². The molecule has 0 aliphatic heterocycles. The Morgan fingerprint density at radius 3 is 1.35 bits per heavy atom. The van der Waals surface area contributed by atoms with Crippen molar-refractivity contribution < 1.29 is 19.3 Å². The minimum absolute atomic E-state index is 0.0736. The molecule has 5 heteroatoms. The number of hydrogen-bond acceptors (Lipinski definition) is 4. The minimum Gasteiger partial charge on any atom is -0.432 e. The van der Waals surface area contributed by atoms with Crippen LogP contribution in [0.4, 0.5) is 4.79 Å². The molecule has 0 aromatic rings. The molecular weight excluding hydrogens is 531 g/mol. The first-order valence-electron chi connectivity index (χ1n) is 14.9. The van der Waals surface area contributed by atoms with Crippen molar-refractivity contribution in [2.24, 2.45) is 0 Å². The Bertz CT molecular complexity index is 352. The standard InChI is InChI=1S/C13H26O4.2C8H17.Sn/c1-3-5-7-9-11-15-13(14)17-16-12-10-8-6-4-2;2*1-3-5-7-8-6-4-2;/h3-12H2,1-2H3;2*1,3-8H2,2H3;. The van der Waals surface area contributed by atoms with E-state index in [0.717, 1.165) is 25.7 Å². The third-order valence-corrected chi connectivity index (χ3v) is 9.88. The molecule has 0 heterocycles. The van der Waals surface area contributed by atoms with Crippen molar-refractivity contribution in [3.63, 3.8) is 0 Å². The van der Waals surface area contributed by atoms with Crippen LogP contribution in [0.2, 0.25) is 8.87 Å². The quantitative estimate of drug-likeness (QED) is 0.0348. The predicted octanol–water partition coefficient (Wildman–Crippen LogP) is 10.5. The predicted molar refractivity (Wildman–Crippen MR) is 149 cm³/mol. The van der Waals surface area contributed by atoms with E-state index in [1.807, 2.05) is 0 Å². The summed E-state index contributed by atoms with van der Waals surface area (Å²) in [7, 11) is 0. The minimum atomic E-state index is -0.725. The van der Waals surface area contributed by atoms with Crippen molar-refractivity contribution in [1.82, 2.24) is 0 Å². The summed E-state index contributed by atoms with van der Waals surface area (Å²) in [5, 5.41) is 0. The Hall–Kier alpha value is 0.0287. The first-order chi connectivity index (χ1) is 16.7. The molecule has 2 radical (unpaired) electrons. The fourth-order valence-corrected chi connectivity index (χ4v) is 7.14. The molecule has 0 saturated carbocycles. The van der Waals surface area contributed by atoms with Crippen molar-refractivity contribution in [2.75, 3.05) is 13.2 Å². The van der Waals surface area contributed by atoms with E-state index in [1.54, 1.807) is 21.7 Å². The maximum absolute atomic E-state index is 11.0. The normalized spacial score (nSPS) is 10.6. The van der Waals surface area contributed by atoms with E-state index >= 15 is 0 Å². The number of ether oxygens (including phenoxy) is 1. The number of carbonyl (C=O) groups excluding carboxylic acids is 1. The van der Waals surface area contributed by atoms with E-state index in [9.17, 15) is 4.79 Å². The molecule has 0 bridgehead atoms. The Morgan fingerprint density at radius 1 is 0.500 bits per heavy atom. The second kappa shape index (κ2) is 35.2. The van der Waals surface area contributed by atoms with Crippen LogP contribution < -0.4 is 0 Å². The maximum atomic E-state index is 11.0. The Balaban J connectivity index is 0. The van der Waals surface area contributed by atoms with Crippen LogP contribution in [0.5, 0.6) is 0 Å². The number of hydrogen-bond donors (Lipinski definition) is 0. The van der Waals surface area contributed by atoms with E-state index in [2.05, 4.69) is 32.6 Å². The summed E-state index contributed by atoms with van der Waals surface area (Å²) in [6.45, 7) is 9.75. The fourth-order valence-electron chi connectivity index (χ4n) is 3.57. The van der Waals surface area contributed by atoms with Crippen molar-refractivity contribution in [3.05, 3.63) is 0 Å². The van der Waals surface area contributed by atoms with Crippen LogP contribution in [0.15, 0.2) is 0 Å².